The molecule has 140 valence electrons. The molecule has 0 fully saturated rings. The van der Waals surface area contributed by atoms with Crippen molar-refractivity contribution < 1.29 is 23.7 Å². The summed E-state index contributed by atoms with van der Waals surface area (Å²) in [5, 5.41) is 0.735. The third kappa shape index (κ3) is 3.51. The molecular formula is C21H21NO5. The summed E-state index contributed by atoms with van der Waals surface area (Å²) in [6, 6.07) is 12.7. The third-order valence-electron chi connectivity index (χ3n) is 4.19. The van der Waals surface area contributed by atoms with E-state index >= 15 is 0 Å². The number of pyridine rings is 1. The zero-order valence-corrected chi connectivity index (χ0v) is 15.7. The van der Waals surface area contributed by atoms with Crippen LogP contribution in [0, 0.1) is 0 Å². The maximum absolute atomic E-state index is 12.5. The average Bonchev–Trinajstić information content (AvgIpc) is 2.71. The molecule has 3 aromatic rings. The molecule has 6 nitrogen and oxygen atoms in total. The first-order chi connectivity index (χ1) is 13.1. The van der Waals surface area contributed by atoms with Gasteiger partial charge in [-0.1, -0.05) is 18.2 Å². The molecule has 0 radical (unpaired) electrons. The normalized spacial score (nSPS) is 10.5. The highest BCUT2D eigenvalue weighted by Crippen LogP contribution is 2.40. The number of rotatable bonds is 6. The van der Waals surface area contributed by atoms with Gasteiger partial charge in [-0.05, 0) is 25.1 Å². The molecule has 6 heteroatoms. The van der Waals surface area contributed by atoms with Gasteiger partial charge in [0.2, 0.25) is 0 Å². The Labute approximate surface area is 157 Å². The number of carbonyl (C=O) groups is 1. The lowest BCUT2D eigenvalue weighted by atomic mass is 10.0. The largest absolute Gasteiger partial charge is 0.496 e. The molecule has 0 aliphatic carbocycles. The van der Waals surface area contributed by atoms with Gasteiger partial charge in [0.25, 0.3) is 0 Å². The Morgan fingerprint density at radius 3 is 2.26 bits per heavy atom. The fourth-order valence-electron chi connectivity index (χ4n) is 2.92. The standard InChI is InChI=1S/C21H21NO5/c1-5-27-21(23)14-10-17(22-16-9-7-6-8-13(14)16)15-11-19(25-3)20(26-4)12-18(15)24-2/h6-12H,5H2,1-4H3. The van der Waals surface area contributed by atoms with Crippen molar-refractivity contribution in [1.29, 1.82) is 0 Å². The topological polar surface area (TPSA) is 66.9 Å². The number of ether oxygens (including phenoxy) is 4. The first-order valence-electron chi connectivity index (χ1n) is 8.50. The first kappa shape index (κ1) is 18.5. The summed E-state index contributed by atoms with van der Waals surface area (Å²) in [6.07, 6.45) is 0. The highest BCUT2D eigenvalue weighted by atomic mass is 16.5. The SMILES string of the molecule is CCOC(=O)c1cc(-c2cc(OC)c(OC)cc2OC)nc2ccccc12. The van der Waals surface area contributed by atoms with Gasteiger partial charge in [-0.25, -0.2) is 9.78 Å². The van der Waals surface area contributed by atoms with Gasteiger partial charge in [-0.2, -0.15) is 0 Å². The number of benzene rings is 2. The van der Waals surface area contributed by atoms with Crippen molar-refractivity contribution in [3.63, 3.8) is 0 Å². The van der Waals surface area contributed by atoms with E-state index in [1.54, 1.807) is 46.5 Å². The Morgan fingerprint density at radius 2 is 1.59 bits per heavy atom. The van der Waals surface area contributed by atoms with E-state index in [2.05, 4.69) is 0 Å². The molecule has 27 heavy (non-hydrogen) atoms. The molecule has 0 amide bonds. The zero-order valence-electron chi connectivity index (χ0n) is 15.7. The van der Waals surface area contributed by atoms with Crippen molar-refractivity contribution in [1.82, 2.24) is 4.98 Å². The first-order valence-corrected chi connectivity index (χ1v) is 8.50. The molecule has 0 atom stereocenters. The summed E-state index contributed by atoms with van der Waals surface area (Å²) in [7, 11) is 4.69. The molecule has 3 rings (SSSR count). The van der Waals surface area contributed by atoms with E-state index in [9.17, 15) is 4.79 Å². The predicted octanol–water partition coefficient (Wildman–Crippen LogP) is 4.10. The molecule has 0 saturated carbocycles. The number of fused-ring (bicyclic) bond motifs is 1. The number of nitrogens with zero attached hydrogens (tertiary/aromatic N) is 1. The highest BCUT2D eigenvalue weighted by Gasteiger charge is 2.19. The van der Waals surface area contributed by atoms with Crippen LogP contribution in [0.25, 0.3) is 22.2 Å². The monoisotopic (exact) mass is 367 g/mol. The van der Waals surface area contributed by atoms with Crippen molar-refractivity contribution in [2.75, 3.05) is 27.9 Å². The minimum absolute atomic E-state index is 0.296. The van der Waals surface area contributed by atoms with Crippen molar-refractivity contribution >= 4 is 16.9 Å². The summed E-state index contributed by atoms with van der Waals surface area (Å²) in [6.45, 7) is 2.07. The molecule has 0 aliphatic heterocycles. The molecule has 1 aromatic heterocycles. The van der Waals surface area contributed by atoms with E-state index in [-0.39, 0.29) is 0 Å². The second-order valence-electron chi connectivity index (χ2n) is 5.70. The van der Waals surface area contributed by atoms with E-state index < -0.39 is 5.97 Å². The molecular weight excluding hydrogens is 346 g/mol. The molecule has 0 saturated heterocycles. The van der Waals surface area contributed by atoms with Crippen LogP contribution in [0.5, 0.6) is 17.2 Å². The van der Waals surface area contributed by atoms with Crippen LogP contribution in [0.4, 0.5) is 0 Å². The summed E-state index contributed by atoms with van der Waals surface area (Å²) >= 11 is 0. The van der Waals surface area contributed by atoms with Crippen LogP contribution in [0.15, 0.2) is 42.5 Å². The summed E-state index contributed by atoms with van der Waals surface area (Å²) in [5.41, 5.74) is 2.41. The predicted molar refractivity (Wildman–Crippen MR) is 103 cm³/mol. The van der Waals surface area contributed by atoms with Crippen LogP contribution < -0.4 is 14.2 Å². The number of hydrogen-bond donors (Lipinski definition) is 0. The van der Waals surface area contributed by atoms with Crippen LogP contribution in [0.2, 0.25) is 0 Å². The summed E-state index contributed by atoms with van der Waals surface area (Å²) in [4.78, 5) is 17.2. The fraction of sp³-hybridized carbons (Fsp3) is 0.238. The molecule has 0 spiro atoms. The van der Waals surface area contributed by atoms with Crippen LogP contribution in [-0.4, -0.2) is 38.9 Å². The minimum Gasteiger partial charge on any atom is -0.496 e. The lowest BCUT2D eigenvalue weighted by Crippen LogP contribution is -2.07. The number of aromatic nitrogens is 1. The summed E-state index contributed by atoms with van der Waals surface area (Å²) < 4.78 is 21.5. The van der Waals surface area contributed by atoms with E-state index in [4.69, 9.17) is 23.9 Å². The Kier molecular flexibility index (Phi) is 5.45. The maximum Gasteiger partial charge on any atom is 0.338 e. The summed E-state index contributed by atoms with van der Waals surface area (Å²) in [5.74, 6) is 1.26. The number of methoxy groups -OCH3 is 3. The van der Waals surface area contributed by atoms with Gasteiger partial charge >= 0.3 is 5.97 Å². The quantitative estimate of drug-likeness (QED) is 0.611. The number of carbonyl (C=O) groups excluding carboxylic acids is 1. The Hall–Kier alpha value is -3.28. The van der Waals surface area contributed by atoms with Crippen LogP contribution in [0.1, 0.15) is 17.3 Å². The molecule has 0 bridgehead atoms. The van der Waals surface area contributed by atoms with Gasteiger partial charge in [0.05, 0.1) is 44.7 Å². The van der Waals surface area contributed by atoms with Gasteiger partial charge in [0, 0.05) is 17.0 Å². The van der Waals surface area contributed by atoms with Crippen LogP contribution in [-0.2, 0) is 4.74 Å². The van der Waals surface area contributed by atoms with Crippen LogP contribution in [0.3, 0.4) is 0 Å². The second kappa shape index (κ2) is 7.95. The van der Waals surface area contributed by atoms with E-state index in [0.717, 1.165) is 5.39 Å². The van der Waals surface area contributed by atoms with Crippen LogP contribution >= 0.6 is 0 Å². The third-order valence-corrected chi connectivity index (χ3v) is 4.19. The van der Waals surface area contributed by atoms with Crippen molar-refractivity contribution in [2.24, 2.45) is 0 Å². The molecule has 1 heterocycles. The van der Waals surface area contributed by atoms with Gasteiger partial charge in [0.1, 0.15) is 5.75 Å². The Morgan fingerprint density at radius 1 is 0.926 bits per heavy atom. The number of para-hydroxylation sites is 1. The molecule has 0 unspecified atom stereocenters. The molecule has 2 aromatic carbocycles. The molecule has 0 N–H and O–H groups in total. The van der Waals surface area contributed by atoms with Gasteiger partial charge < -0.3 is 18.9 Å². The van der Waals surface area contributed by atoms with E-state index in [0.29, 0.717) is 46.2 Å². The fourth-order valence-corrected chi connectivity index (χ4v) is 2.92. The minimum atomic E-state index is -0.392. The smallest absolute Gasteiger partial charge is 0.338 e. The van der Waals surface area contributed by atoms with Gasteiger partial charge in [-0.3, -0.25) is 0 Å². The molecule has 0 aliphatic rings. The Bertz CT molecular complexity index is 984. The van der Waals surface area contributed by atoms with Crippen molar-refractivity contribution in [3.8, 4) is 28.5 Å². The van der Waals surface area contributed by atoms with Gasteiger partial charge in [0.15, 0.2) is 11.5 Å². The van der Waals surface area contributed by atoms with Crippen molar-refractivity contribution in [2.45, 2.75) is 6.92 Å². The lowest BCUT2D eigenvalue weighted by Gasteiger charge is -2.15. The van der Waals surface area contributed by atoms with E-state index in [1.165, 1.54) is 0 Å². The number of esters is 1. The van der Waals surface area contributed by atoms with E-state index in [1.807, 2.05) is 24.3 Å². The lowest BCUT2D eigenvalue weighted by molar-refractivity contribution is 0.0528. The van der Waals surface area contributed by atoms with Gasteiger partial charge in [-0.15, -0.1) is 0 Å². The maximum atomic E-state index is 12.5. The highest BCUT2D eigenvalue weighted by molar-refractivity contribution is 6.04. The Balaban J connectivity index is 2.27. The second-order valence-corrected chi connectivity index (χ2v) is 5.70. The zero-order chi connectivity index (χ0) is 19.4. The average molecular weight is 367 g/mol. The van der Waals surface area contributed by atoms with Crippen molar-refractivity contribution in [3.05, 3.63) is 48.0 Å². The number of hydrogen-bond acceptors (Lipinski definition) is 6.